The Morgan fingerprint density at radius 1 is 0.560 bits per heavy atom. The molecule has 0 spiro atoms. The first kappa shape index (κ1) is 78.3. The SMILES string of the molecule is CC(C)[C@H](N)C(=O)N1CCC[C@H]1C(=O)N[C@@H](Cc1c[nH]c2ccccc12)C(=O)N[C@@H](CCC(N)=O)C(=O)N1CCC[C@H]1C(=O)N[C@@H](C)C(=O)N[C@@H](Cc1ccc(O)cc1)C(=O)N[C@@H](CCC(N)=O)C(=O)N[C@@H](CCCNC(=N)N)C(=O)N[C@@H](Cc1ccccc1)C(=O)N[C@H](C(=O)O)[C@@H](C)O. The van der Waals surface area contributed by atoms with Crippen molar-refractivity contribution in [2.75, 3.05) is 19.6 Å². The molecule has 33 nitrogen and oxygen atoms in total. The Bertz CT molecular complexity index is 3590. The maximum Gasteiger partial charge on any atom is 0.328 e. The monoisotopic (exact) mass is 1390 g/mol. The van der Waals surface area contributed by atoms with Crippen LogP contribution in [0.2, 0.25) is 0 Å². The smallest absolute Gasteiger partial charge is 0.328 e. The van der Waals surface area contributed by atoms with Crippen LogP contribution in [0.15, 0.2) is 85.1 Å². The van der Waals surface area contributed by atoms with Gasteiger partial charge in [-0.15, -0.1) is 0 Å². The Kier molecular flexibility index (Phi) is 29.2. The highest BCUT2D eigenvalue weighted by Gasteiger charge is 2.42. The number of guanidine groups is 1. The molecule has 1 aromatic heterocycles. The predicted octanol–water partition coefficient (Wildman–Crippen LogP) is -2.98. The molecule has 2 aliphatic rings. The van der Waals surface area contributed by atoms with Gasteiger partial charge in [0.25, 0.3) is 0 Å². The molecule has 4 aromatic rings. The summed E-state index contributed by atoms with van der Waals surface area (Å²) in [7, 11) is 0. The predicted molar refractivity (Wildman–Crippen MR) is 363 cm³/mol. The van der Waals surface area contributed by atoms with Gasteiger partial charge in [-0.05, 0) is 106 Å². The lowest BCUT2D eigenvalue weighted by atomic mass is 10.0. The molecular formula is C67H93N17O16. The van der Waals surface area contributed by atoms with Gasteiger partial charge in [-0.1, -0.05) is 74.5 Å². The number of nitrogens with two attached hydrogens (primary N) is 4. The molecular weight excluding hydrogens is 1300 g/mol. The van der Waals surface area contributed by atoms with E-state index in [1.807, 2.05) is 18.2 Å². The number of aromatic amines is 1. The molecule has 0 aliphatic carbocycles. The summed E-state index contributed by atoms with van der Waals surface area (Å²) >= 11 is 0. The van der Waals surface area contributed by atoms with Crippen molar-refractivity contribution in [1.82, 2.24) is 62.6 Å². The Morgan fingerprint density at radius 3 is 1.58 bits per heavy atom. The van der Waals surface area contributed by atoms with Gasteiger partial charge in [0.2, 0.25) is 70.9 Å². The Balaban J connectivity index is 1.20. The molecule has 3 heterocycles. The van der Waals surface area contributed by atoms with Crippen LogP contribution in [0.25, 0.3) is 10.9 Å². The number of aliphatic hydroxyl groups is 1. The van der Waals surface area contributed by atoms with Gasteiger partial charge in [0.15, 0.2) is 12.0 Å². The number of hydrogen-bond donors (Lipinski definition) is 18. The average molecular weight is 1390 g/mol. The number of phenols is 1. The van der Waals surface area contributed by atoms with Crippen LogP contribution in [0.3, 0.4) is 0 Å². The highest BCUT2D eigenvalue weighted by Crippen LogP contribution is 2.25. The van der Waals surface area contributed by atoms with Crippen molar-refractivity contribution >= 4 is 93.7 Å². The number of carbonyl (C=O) groups excluding carboxylic acids is 12. The number of amides is 12. The largest absolute Gasteiger partial charge is 0.508 e. The molecule has 2 aliphatic heterocycles. The molecule has 2 saturated heterocycles. The molecule has 2 fully saturated rings. The first-order valence-corrected chi connectivity index (χ1v) is 33.1. The van der Waals surface area contributed by atoms with Crippen molar-refractivity contribution in [2.45, 2.75) is 184 Å². The molecule has 22 N–H and O–H groups in total. The number of aromatic hydroxyl groups is 1. The number of aromatic nitrogens is 1. The highest BCUT2D eigenvalue weighted by molar-refractivity contribution is 6.00. The van der Waals surface area contributed by atoms with Crippen LogP contribution in [0.4, 0.5) is 0 Å². The third kappa shape index (κ3) is 23.0. The molecule has 0 saturated carbocycles. The number of carboxylic acids is 1. The molecule has 12 atom stereocenters. The Morgan fingerprint density at radius 2 is 1.03 bits per heavy atom. The number of aliphatic carboxylic acids is 1. The topological polar surface area (TPSA) is 541 Å². The number of aliphatic hydroxyl groups excluding tert-OH is 1. The summed E-state index contributed by atoms with van der Waals surface area (Å²) in [5, 5.41) is 61.5. The van der Waals surface area contributed by atoms with Gasteiger partial charge in [0.1, 0.15) is 60.1 Å². The number of rotatable bonds is 37. The van der Waals surface area contributed by atoms with E-state index in [2.05, 4.69) is 52.8 Å². The van der Waals surface area contributed by atoms with Gasteiger partial charge in [0, 0.05) is 68.8 Å². The number of H-pyrrole nitrogens is 1. The lowest BCUT2D eigenvalue weighted by molar-refractivity contribution is -0.145. The number of primary amides is 2. The molecule has 542 valence electrons. The molecule has 0 radical (unpaired) electrons. The molecule has 6 rings (SSSR count). The number of phenolic OH excluding ortho intramolecular Hbond substituents is 1. The molecule has 12 amide bonds. The van der Waals surface area contributed by atoms with Gasteiger partial charge in [-0.3, -0.25) is 62.9 Å². The van der Waals surface area contributed by atoms with Gasteiger partial charge < -0.3 is 101 Å². The van der Waals surface area contributed by atoms with Crippen LogP contribution in [-0.4, -0.2) is 205 Å². The minimum Gasteiger partial charge on any atom is -0.508 e. The Labute approximate surface area is 577 Å². The standard InChI is InChI=1S/C67H93N17O16/c1-35(2)54(70)65(98)84-30-12-19-51(84)63(96)81-49(33-40-34-74-43-16-9-8-15-42(40)43)60(93)78-46(25-27-53(69)88)64(97)83-29-11-18-50(83)62(95)75-36(3)56(89)79-47(32-39-20-22-41(86)23-21-39)59(92)77-45(24-26-52(68)87)58(91)76-44(17-10-28-73-67(71)72)57(90)80-48(31-38-13-6-5-7-14-38)61(94)82-55(37(4)85)66(99)100/h5-9,13-16,20-23,34-37,44-51,54-55,74,85-86H,10-12,17-19,24-33,70H2,1-4H3,(H2,68,87)(H2,69,88)(H,75,95)(H,76,91)(H,77,92)(H,78,93)(H,79,89)(H,80,90)(H,81,96)(H,82,94)(H,99,100)(H4,71,72,73)/t36-,37+,44-,45-,46-,47-,48-,49-,50-,51-,54-,55-/m0/s1. The third-order valence-corrected chi connectivity index (χ3v) is 17.4. The van der Waals surface area contributed by atoms with E-state index in [0.29, 0.717) is 23.1 Å². The summed E-state index contributed by atoms with van der Waals surface area (Å²) in [6, 6.07) is 5.43. The summed E-state index contributed by atoms with van der Waals surface area (Å²) < 4.78 is 0. The quantitative estimate of drug-likeness (QED) is 0.0122. The third-order valence-electron chi connectivity index (χ3n) is 17.4. The van der Waals surface area contributed by atoms with Crippen molar-refractivity contribution in [3.63, 3.8) is 0 Å². The summed E-state index contributed by atoms with van der Waals surface area (Å²) in [5.74, 6) is -12.7. The molecule has 0 bridgehead atoms. The van der Waals surface area contributed by atoms with Crippen molar-refractivity contribution < 1.29 is 77.6 Å². The second-order valence-electron chi connectivity index (χ2n) is 25.4. The van der Waals surface area contributed by atoms with E-state index in [-0.39, 0.29) is 89.1 Å². The molecule has 100 heavy (non-hydrogen) atoms. The zero-order chi connectivity index (χ0) is 73.5. The number of nitrogens with zero attached hydrogens (tertiary/aromatic N) is 2. The molecule has 0 unspecified atom stereocenters. The average Bonchev–Trinajstić information content (AvgIpc) is 1.63. The lowest BCUT2D eigenvalue weighted by Crippen LogP contribution is -2.61. The van der Waals surface area contributed by atoms with Crippen LogP contribution < -0.4 is 70.8 Å². The summed E-state index contributed by atoms with van der Waals surface area (Å²) in [6.45, 7) is 6.23. The van der Waals surface area contributed by atoms with E-state index in [1.54, 1.807) is 56.4 Å². The number of para-hydroxylation sites is 1. The van der Waals surface area contributed by atoms with Gasteiger partial charge >= 0.3 is 5.97 Å². The van der Waals surface area contributed by atoms with Crippen LogP contribution in [-0.2, 0) is 81.6 Å². The maximum atomic E-state index is 14.8. The minimum absolute atomic E-state index is 0.00637. The van der Waals surface area contributed by atoms with Crippen LogP contribution >= 0.6 is 0 Å². The second-order valence-corrected chi connectivity index (χ2v) is 25.4. The zero-order valence-electron chi connectivity index (χ0n) is 56.3. The van der Waals surface area contributed by atoms with E-state index >= 15 is 0 Å². The van der Waals surface area contributed by atoms with E-state index in [9.17, 15) is 77.6 Å². The highest BCUT2D eigenvalue weighted by atomic mass is 16.4. The number of fused-ring (bicyclic) bond motifs is 1. The summed E-state index contributed by atoms with van der Waals surface area (Å²) in [6.07, 6.45) is -1.27. The fraction of sp³-hybridized carbons (Fsp3) is 0.493. The first-order chi connectivity index (χ1) is 47.4. The molecule has 33 heteroatoms. The van der Waals surface area contributed by atoms with E-state index in [1.165, 1.54) is 41.0 Å². The van der Waals surface area contributed by atoms with Gasteiger partial charge in [0.05, 0.1) is 12.1 Å². The van der Waals surface area contributed by atoms with Gasteiger partial charge in [-0.25, -0.2) is 4.79 Å². The number of likely N-dealkylation sites (tertiary alicyclic amines) is 2. The number of hydrogen-bond acceptors (Lipinski definition) is 17. The van der Waals surface area contributed by atoms with Crippen molar-refractivity contribution in [3.8, 4) is 5.75 Å². The van der Waals surface area contributed by atoms with E-state index in [0.717, 1.165) is 17.8 Å². The summed E-state index contributed by atoms with van der Waals surface area (Å²) in [4.78, 5) is 185. The zero-order valence-corrected chi connectivity index (χ0v) is 56.3. The van der Waals surface area contributed by atoms with Crippen LogP contribution in [0.5, 0.6) is 5.75 Å². The fourth-order valence-corrected chi connectivity index (χ4v) is 11.7. The number of nitrogens with one attached hydrogen (secondary N) is 11. The van der Waals surface area contributed by atoms with Crippen molar-refractivity contribution in [2.24, 2.45) is 28.9 Å². The second kappa shape index (κ2) is 37.3. The molecule has 3 aromatic carbocycles. The van der Waals surface area contributed by atoms with E-state index in [4.69, 9.17) is 28.3 Å². The number of carboxylic acid groups (broad SMARTS) is 1. The van der Waals surface area contributed by atoms with Gasteiger partial charge in [-0.2, -0.15) is 0 Å². The van der Waals surface area contributed by atoms with Crippen molar-refractivity contribution in [1.29, 1.82) is 5.41 Å². The van der Waals surface area contributed by atoms with Crippen LogP contribution in [0, 0.1) is 11.3 Å². The lowest BCUT2D eigenvalue weighted by Gasteiger charge is -2.31. The van der Waals surface area contributed by atoms with E-state index < -0.39 is 175 Å². The normalized spacial score (nSPS) is 17.3. The Hall–Kier alpha value is -10.7. The first-order valence-electron chi connectivity index (χ1n) is 33.1. The van der Waals surface area contributed by atoms with Crippen LogP contribution in [0.1, 0.15) is 109 Å². The van der Waals surface area contributed by atoms with Crippen molar-refractivity contribution in [3.05, 3.63) is 102 Å². The summed E-state index contributed by atoms with van der Waals surface area (Å²) in [5.41, 5.74) is 25.0. The minimum atomic E-state index is -1.79. The fourth-order valence-electron chi connectivity index (χ4n) is 11.7. The maximum absolute atomic E-state index is 14.8. The number of benzene rings is 3. The number of carbonyl (C=O) groups is 13.